The van der Waals surface area contributed by atoms with Crippen LogP contribution in [0.1, 0.15) is 35.7 Å². The average Bonchev–Trinajstić information content (AvgIpc) is 2.61. The van der Waals surface area contributed by atoms with Crippen LogP contribution in [0.15, 0.2) is 54.4 Å². The largest absolute Gasteiger partial charge is 0.376 e. The molecule has 0 bridgehead atoms. The highest BCUT2D eigenvalue weighted by Gasteiger charge is 2.20. The number of hydrogen-bond acceptors (Lipinski definition) is 3. The van der Waals surface area contributed by atoms with Gasteiger partial charge in [0.1, 0.15) is 0 Å². The normalized spacial score (nSPS) is 16.5. The Hall–Kier alpha value is -2.88. The number of allylic oxidation sites excluding steroid dienone is 2. The summed E-state index contributed by atoms with van der Waals surface area (Å²) >= 11 is 0. The second-order valence-corrected chi connectivity index (χ2v) is 7.20. The van der Waals surface area contributed by atoms with Gasteiger partial charge in [0.25, 0.3) is 0 Å². The average molecular weight is 345 g/mol. The van der Waals surface area contributed by atoms with Gasteiger partial charge in [-0.2, -0.15) is 0 Å². The van der Waals surface area contributed by atoms with E-state index in [0.29, 0.717) is 6.42 Å². The third kappa shape index (κ3) is 3.40. The second-order valence-electron chi connectivity index (χ2n) is 7.20. The van der Waals surface area contributed by atoms with Crippen molar-refractivity contribution in [2.45, 2.75) is 26.2 Å². The van der Waals surface area contributed by atoms with Crippen LogP contribution in [0, 0.1) is 0 Å². The molecule has 2 aromatic rings. The van der Waals surface area contributed by atoms with Crippen molar-refractivity contribution in [3.05, 3.63) is 76.8 Å². The maximum Gasteiger partial charge on any atom is 0.224 e. The first-order valence-electron chi connectivity index (χ1n) is 9.03. The highest BCUT2D eigenvalue weighted by atomic mass is 16.1. The summed E-state index contributed by atoms with van der Waals surface area (Å²) in [6, 6.07) is 10.4. The number of fused-ring (bicyclic) bond motifs is 1. The Morgan fingerprint density at radius 2 is 2.12 bits per heavy atom. The van der Waals surface area contributed by atoms with Crippen molar-refractivity contribution in [2.75, 3.05) is 18.9 Å². The zero-order valence-corrected chi connectivity index (χ0v) is 15.2. The lowest BCUT2D eigenvalue weighted by Gasteiger charge is -2.25. The molecule has 0 unspecified atom stereocenters. The topological polar surface area (TPSA) is 45.2 Å². The fourth-order valence-electron chi connectivity index (χ4n) is 3.76. The molecule has 4 rings (SSSR count). The molecule has 0 aliphatic carbocycles. The van der Waals surface area contributed by atoms with Crippen molar-refractivity contribution < 1.29 is 4.79 Å². The molecule has 4 nitrogen and oxygen atoms in total. The van der Waals surface area contributed by atoms with Gasteiger partial charge in [-0.1, -0.05) is 17.7 Å². The number of aryl methyl sites for hydroxylation is 1. The molecule has 1 amide bonds. The monoisotopic (exact) mass is 345 g/mol. The Morgan fingerprint density at radius 3 is 2.88 bits per heavy atom. The number of carbonyl (C=O) groups is 1. The number of anilines is 1. The number of carbonyl (C=O) groups excluding carboxylic acids is 1. The number of pyridine rings is 1. The van der Waals surface area contributed by atoms with Crippen molar-refractivity contribution in [2.24, 2.45) is 0 Å². The van der Waals surface area contributed by atoms with Gasteiger partial charge in [-0.3, -0.25) is 9.78 Å². The van der Waals surface area contributed by atoms with Crippen molar-refractivity contribution in [3.8, 4) is 0 Å². The summed E-state index contributed by atoms with van der Waals surface area (Å²) in [5.41, 5.74) is 8.18. The zero-order chi connectivity index (χ0) is 18.1. The minimum Gasteiger partial charge on any atom is -0.376 e. The predicted molar refractivity (Wildman–Crippen MR) is 105 cm³/mol. The van der Waals surface area contributed by atoms with Gasteiger partial charge >= 0.3 is 0 Å². The Labute approximate surface area is 154 Å². The van der Waals surface area contributed by atoms with Crippen LogP contribution in [0.5, 0.6) is 0 Å². The number of hydrogen-bond donors (Lipinski definition) is 1. The van der Waals surface area contributed by atoms with Crippen molar-refractivity contribution in [3.63, 3.8) is 0 Å². The van der Waals surface area contributed by atoms with Crippen LogP contribution in [0.4, 0.5) is 5.69 Å². The van der Waals surface area contributed by atoms with Crippen LogP contribution >= 0.6 is 0 Å². The number of aromatic nitrogens is 1. The maximum absolute atomic E-state index is 11.8. The number of nitrogens with zero attached hydrogens (tertiary/aromatic N) is 2. The number of nitrogens with one attached hydrogen (secondary N) is 1. The van der Waals surface area contributed by atoms with E-state index >= 15 is 0 Å². The highest BCUT2D eigenvalue weighted by Crippen LogP contribution is 2.33. The van der Waals surface area contributed by atoms with Gasteiger partial charge in [-0.05, 0) is 59.9 Å². The van der Waals surface area contributed by atoms with Crippen LogP contribution in [-0.4, -0.2) is 29.4 Å². The van der Waals surface area contributed by atoms with E-state index in [4.69, 9.17) is 0 Å². The van der Waals surface area contributed by atoms with E-state index < -0.39 is 0 Å². The quantitative estimate of drug-likeness (QED) is 0.920. The summed E-state index contributed by atoms with van der Waals surface area (Å²) in [4.78, 5) is 18.5. The predicted octanol–water partition coefficient (Wildman–Crippen LogP) is 3.79. The fraction of sp³-hybridized carbons (Fsp3) is 0.273. The molecular formula is C22H23N3O. The van der Waals surface area contributed by atoms with E-state index in [-0.39, 0.29) is 5.91 Å². The molecule has 1 aromatic heterocycles. The van der Waals surface area contributed by atoms with Gasteiger partial charge in [0, 0.05) is 50.2 Å². The molecule has 0 radical (unpaired) electrons. The minimum absolute atomic E-state index is 0.0985. The second kappa shape index (κ2) is 6.79. The lowest BCUT2D eigenvalue weighted by molar-refractivity contribution is -0.116. The van der Waals surface area contributed by atoms with Gasteiger partial charge in [0.15, 0.2) is 0 Å². The number of likely N-dealkylation sites (N-methyl/N-ethyl adjacent to an activating group) is 1. The highest BCUT2D eigenvalue weighted by molar-refractivity contribution is 5.95. The van der Waals surface area contributed by atoms with Crippen molar-refractivity contribution in [1.82, 2.24) is 9.88 Å². The van der Waals surface area contributed by atoms with Crippen LogP contribution in [-0.2, 0) is 17.6 Å². The van der Waals surface area contributed by atoms with E-state index in [1.807, 2.05) is 24.4 Å². The molecule has 0 saturated carbocycles. The van der Waals surface area contributed by atoms with E-state index in [0.717, 1.165) is 30.8 Å². The first-order valence-corrected chi connectivity index (χ1v) is 9.03. The van der Waals surface area contributed by atoms with Gasteiger partial charge in [-0.25, -0.2) is 0 Å². The van der Waals surface area contributed by atoms with Gasteiger partial charge in [0.2, 0.25) is 5.91 Å². The summed E-state index contributed by atoms with van der Waals surface area (Å²) in [5, 5.41) is 3.03. The van der Waals surface area contributed by atoms with E-state index in [1.165, 1.54) is 27.8 Å². The first kappa shape index (κ1) is 16.6. The third-order valence-corrected chi connectivity index (χ3v) is 4.89. The van der Waals surface area contributed by atoms with Gasteiger partial charge < -0.3 is 10.2 Å². The number of rotatable bonds is 3. The van der Waals surface area contributed by atoms with Crippen molar-refractivity contribution in [1.29, 1.82) is 0 Å². The molecule has 0 spiro atoms. The summed E-state index contributed by atoms with van der Waals surface area (Å²) in [6.45, 7) is 3.13. The van der Waals surface area contributed by atoms with E-state index in [2.05, 4.69) is 53.6 Å². The van der Waals surface area contributed by atoms with Gasteiger partial charge in [0.05, 0.1) is 0 Å². The van der Waals surface area contributed by atoms with E-state index in [1.54, 1.807) is 0 Å². The molecular weight excluding hydrogens is 322 g/mol. The molecule has 2 aliphatic rings. The number of benzene rings is 1. The fourth-order valence-corrected chi connectivity index (χ4v) is 3.76. The molecule has 4 heteroatoms. The zero-order valence-electron chi connectivity index (χ0n) is 15.2. The summed E-state index contributed by atoms with van der Waals surface area (Å²) in [6.07, 6.45) is 8.40. The standard InChI is InChI=1S/C22H23N3O/c1-15-9-18(14-25(2)13-15)20-11-16-6-7-22(26)24-21(16)12-17(20)10-19-5-3-4-8-23-19/h3-5,8-9,11-12,14H,6-7,10,13H2,1-2H3,(H,24,26). The molecule has 0 fully saturated rings. The minimum atomic E-state index is 0.0985. The van der Waals surface area contributed by atoms with E-state index in [9.17, 15) is 4.79 Å². The molecule has 0 saturated heterocycles. The molecule has 1 N–H and O–H groups in total. The molecule has 2 aliphatic heterocycles. The summed E-state index contributed by atoms with van der Waals surface area (Å²) in [5.74, 6) is 0.0985. The first-order chi connectivity index (χ1) is 12.6. The Morgan fingerprint density at radius 1 is 1.23 bits per heavy atom. The third-order valence-electron chi connectivity index (χ3n) is 4.89. The molecule has 3 heterocycles. The Balaban J connectivity index is 1.82. The van der Waals surface area contributed by atoms with Crippen LogP contribution in [0.2, 0.25) is 0 Å². The number of amides is 1. The van der Waals surface area contributed by atoms with Gasteiger partial charge in [-0.15, -0.1) is 0 Å². The summed E-state index contributed by atoms with van der Waals surface area (Å²) in [7, 11) is 2.10. The maximum atomic E-state index is 11.8. The SMILES string of the molecule is CC1=CC(c2cc3c(cc2Cc2ccccn2)NC(=O)CC3)=CN(C)C1. The lowest BCUT2D eigenvalue weighted by Crippen LogP contribution is -2.20. The molecule has 26 heavy (non-hydrogen) atoms. The molecule has 1 aromatic carbocycles. The Kier molecular flexibility index (Phi) is 4.33. The van der Waals surface area contributed by atoms with Crippen LogP contribution < -0.4 is 5.32 Å². The van der Waals surface area contributed by atoms with Crippen molar-refractivity contribution >= 4 is 17.2 Å². The molecule has 0 atom stereocenters. The summed E-state index contributed by atoms with van der Waals surface area (Å²) < 4.78 is 0. The van der Waals surface area contributed by atoms with Crippen LogP contribution in [0.3, 0.4) is 0 Å². The van der Waals surface area contributed by atoms with Crippen LogP contribution in [0.25, 0.3) is 5.57 Å². The smallest absolute Gasteiger partial charge is 0.224 e. The lowest BCUT2D eigenvalue weighted by atomic mass is 9.89. The Bertz CT molecular complexity index is 912. The molecule has 132 valence electrons.